The van der Waals surface area contributed by atoms with Gasteiger partial charge in [0, 0.05) is 12.2 Å². The molecule has 0 heterocycles. The fraction of sp³-hybridized carbons (Fsp3) is 0.100. The molecule has 0 bridgehead atoms. The van der Waals surface area contributed by atoms with Crippen molar-refractivity contribution in [1.82, 2.24) is 0 Å². The first-order valence-corrected chi connectivity index (χ1v) is 9.35. The molecule has 3 aromatic carbocycles. The first kappa shape index (κ1) is 15.5. The second-order valence-electron chi connectivity index (χ2n) is 5.60. The van der Waals surface area contributed by atoms with E-state index in [0.29, 0.717) is 4.90 Å². The van der Waals surface area contributed by atoms with Crippen LogP contribution >= 0.6 is 0 Å². The Kier molecular flexibility index (Phi) is 4.30. The predicted molar refractivity (Wildman–Crippen MR) is 93.4 cm³/mol. The van der Waals surface area contributed by atoms with Crippen LogP contribution in [0.1, 0.15) is 22.6 Å². The Bertz CT molecular complexity index is 828. The summed E-state index contributed by atoms with van der Waals surface area (Å²) in [6.45, 7) is 0. The molecule has 116 valence electrons. The van der Waals surface area contributed by atoms with Crippen LogP contribution in [0.25, 0.3) is 0 Å². The summed E-state index contributed by atoms with van der Waals surface area (Å²) in [4.78, 5) is 0.348. The zero-order valence-corrected chi connectivity index (χ0v) is 13.7. The number of benzene rings is 3. The fourth-order valence-electron chi connectivity index (χ4n) is 2.78. The van der Waals surface area contributed by atoms with Gasteiger partial charge >= 0.3 is 0 Å². The Morgan fingerprint density at radius 2 is 1.00 bits per heavy atom. The lowest BCUT2D eigenvalue weighted by atomic mass is 9.85. The van der Waals surface area contributed by atoms with Crippen molar-refractivity contribution < 1.29 is 8.42 Å². The van der Waals surface area contributed by atoms with Crippen LogP contribution in [0.15, 0.2) is 89.8 Å². The van der Waals surface area contributed by atoms with Gasteiger partial charge in [-0.2, -0.15) is 0 Å². The lowest BCUT2D eigenvalue weighted by Gasteiger charge is -2.19. The van der Waals surface area contributed by atoms with Crippen LogP contribution in [-0.4, -0.2) is 14.7 Å². The molecule has 0 radical (unpaired) electrons. The van der Waals surface area contributed by atoms with Gasteiger partial charge in [-0.3, -0.25) is 0 Å². The molecule has 0 saturated heterocycles. The average Bonchev–Trinajstić information content (AvgIpc) is 2.57. The van der Waals surface area contributed by atoms with Crippen LogP contribution in [0.5, 0.6) is 0 Å². The van der Waals surface area contributed by atoms with Crippen molar-refractivity contribution in [1.29, 1.82) is 0 Å². The zero-order valence-electron chi connectivity index (χ0n) is 12.9. The van der Waals surface area contributed by atoms with Gasteiger partial charge in [0.2, 0.25) is 0 Å². The summed E-state index contributed by atoms with van der Waals surface area (Å²) < 4.78 is 23.3. The molecule has 0 aliphatic heterocycles. The predicted octanol–water partition coefficient (Wildman–Crippen LogP) is 4.27. The SMILES string of the molecule is CS(=O)(=O)c1ccc(C(c2ccccc2)c2ccccc2)cc1. The molecule has 0 amide bonds. The van der Waals surface area contributed by atoms with Crippen LogP contribution in [0.4, 0.5) is 0 Å². The lowest BCUT2D eigenvalue weighted by Crippen LogP contribution is -2.04. The minimum Gasteiger partial charge on any atom is -0.224 e. The topological polar surface area (TPSA) is 34.1 Å². The minimum atomic E-state index is -3.17. The zero-order chi connectivity index (χ0) is 16.3. The molecule has 3 rings (SSSR count). The molecule has 0 aromatic heterocycles. The van der Waals surface area contributed by atoms with E-state index >= 15 is 0 Å². The van der Waals surface area contributed by atoms with E-state index in [0.717, 1.165) is 5.56 Å². The smallest absolute Gasteiger partial charge is 0.175 e. The molecule has 0 aliphatic carbocycles. The highest BCUT2D eigenvalue weighted by atomic mass is 32.2. The van der Waals surface area contributed by atoms with Gasteiger partial charge in [-0.1, -0.05) is 72.8 Å². The molecule has 0 unspecified atom stereocenters. The summed E-state index contributed by atoms with van der Waals surface area (Å²) in [5.74, 6) is 0.0889. The number of hydrogen-bond donors (Lipinski definition) is 0. The summed E-state index contributed by atoms with van der Waals surface area (Å²) in [6.07, 6.45) is 1.23. The van der Waals surface area contributed by atoms with E-state index in [1.54, 1.807) is 12.1 Å². The Morgan fingerprint density at radius 3 is 1.39 bits per heavy atom. The van der Waals surface area contributed by atoms with Crippen LogP contribution < -0.4 is 0 Å². The van der Waals surface area contributed by atoms with Crippen molar-refractivity contribution in [3.8, 4) is 0 Å². The minimum absolute atomic E-state index is 0.0889. The highest BCUT2D eigenvalue weighted by Crippen LogP contribution is 2.32. The second kappa shape index (κ2) is 6.39. The van der Waals surface area contributed by atoms with Crippen molar-refractivity contribution in [3.63, 3.8) is 0 Å². The Balaban J connectivity index is 2.09. The van der Waals surface area contributed by atoms with E-state index in [1.807, 2.05) is 48.5 Å². The van der Waals surface area contributed by atoms with Crippen molar-refractivity contribution in [2.45, 2.75) is 10.8 Å². The molecule has 23 heavy (non-hydrogen) atoms. The first-order chi connectivity index (χ1) is 11.1. The van der Waals surface area contributed by atoms with Crippen molar-refractivity contribution in [2.24, 2.45) is 0 Å². The van der Waals surface area contributed by atoms with Gasteiger partial charge in [-0.05, 0) is 28.8 Å². The number of sulfone groups is 1. The average molecular weight is 322 g/mol. The third-order valence-electron chi connectivity index (χ3n) is 3.91. The molecule has 0 fully saturated rings. The van der Waals surface area contributed by atoms with E-state index in [9.17, 15) is 8.42 Å². The molecule has 2 nitrogen and oxygen atoms in total. The van der Waals surface area contributed by atoms with Crippen molar-refractivity contribution in [2.75, 3.05) is 6.26 Å². The summed E-state index contributed by atoms with van der Waals surface area (Å²) in [5.41, 5.74) is 3.45. The Morgan fingerprint density at radius 1 is 0.609 bits per heavy atom. The van der Waals surface area contributed by atoms with Crippen molar-refractivity contribution in [3.05, 3.63) is 102 Å². The van der Waals surface area contributed by atoms with Crippen LogP contribution in [-0.2, 0) is 9.84 Å². The quantitative estimate of drug-likeness (QED) is 0.672. The van der Waals surface area contributed by atoms with E-state index in [4.69, 9.17) is 0 Å². The normalized spacial score (nSPS) is 11.6. The molecule has 0 atom stereocenters. The largest absolute Gasteiger partial charge is 0.224 e. The van der Waals surface area contributed by atoms with Gasteiger partial charge in [0.1, 0.15) is 0 Å². The molecule has 0 N–H and O–H groups in total. The Hall–Kier alpha value is -2.39. The van der Waals surface area contributed by atoms with Crippen LogP contribution in [0, 0.1) is 0 Å². The third-order valence-corrected chi connectivity index (χ3v) is 5.04. The maximum absolute atomic E-state index is 11.7. The van der Waals surface area contributed by atoms with Crippen LogP contribution in [0.2, 0.25) is 0 Å². The van der Waals surface area contributed by atoms with E-state index in [1.165, 1.54) is 17.4 Å². The van der Waals surface area contributed by atoms with E-state index in [2.05, 4.69) is 24.3 Å². The molecule has 0 aliphatic rings. The Labute approximate surface area is 137 Å². The van der Waals surface area contributed by atoms with Gasteiger partial charge in [-0.25, -0.2) is 8.42 Å². The summed E-state index contributed by atoms with van der Waals surface area (Å²) in [7, 11) is -3.17. The molecule has 0 saturated carbocycles. The van der Waals surface area contributed by atoms with Gasteiger partial charge < -0.3 is 0 Å². The van der Waals surface area contributed by atoms with Gasteiger partial charge in [0.25, 0.3) is 0 Å². The van der Waals surface area contributed by atoms with Crippen LogP contribution in [0.3, 0.4) is 0 Å². The molecular weight excluding hydrogens is 304 g/mol. The molecular formula is C20H18O2S. The van der Waals surface area contributed by atoms with Gasteiger partial charge in [-0.15, -0.1) is 0 Å². The maximum Gasteiger partial charge on any atom is 0.175 e. The summed E-state index contributed by atoms with van der Waals surface area (Å²) in [6, 6.07) is 27.7. The van der Waals surface area contributed by atoms with Gasteiger partial charge in [0.15, 0.2) is 9.84 Å². The van der Waals surface area contributed by atoms with E-state index < -0.39 is 9.84 Å². The summed E-state index contributed by atoms with van der Waals surface area (Å²) in [5, 5.41) is 0. The standard InChI is InChI=1S/C20H18O2S/c1-23(21,22)19-14-12-18(13-15-19)20(16-8-4-2-5-9-16)17-10-6-3-7-11-17/h2-15,20H,1H3. The lowest BCUT2D eigenvalue weighted by molar-refractivity contribution is 0.602. The molecule has 3 aromatic rings. The fourth-order valence-corrected chi connectivity index (χ4v) is 3.41. The van der Waals surface area contributed by atoms with Gasteiger partial charge in [0.05, 0.1) is 4.90 Å². The highest BCUT2D eigenvalue weighted by Gasteiger charge is 2.17. The second-order valence-corrected chi connectivity index (χ2v) is 7.61. The maximum atomic E-state index is 11.7. The first-order valence-electron chi connectivity index (χ1n) is 7.45. The third kappa shape index (κ3) is 3.51. The number of rotatable bonds is 4. The highest BCUT2D eigenvalue weighted by molar-refractivity contribution is 7.90. The number of hydrogen-bond acceptors (Lipinski definition) is 2. The molecule has 0 spiro atoms. The summed E-state index contributed by atoms with van der Waals surface area (Å²) >= 11 is 0. The van der Waals surface area contributed by atoms with E-state index in [-0.39, 0.29) is 5.92 Å². The van der Waals surface area contributed by atoms with Crippen molar-refractivity contribution >= 4 is 9.84 Å². The monoisotopic (exact) mass is 322 g/mol. The molecule has 3 heteroatoms.